The lowest BCUT2D eigenvalue weighted by molar-refractivity contribution is -0.121. The average Bonchev–Trinajstić information content (AvgIpc) is 2.81. The third-order valence-electron chi connectivity index (χ3n) is 3.07. The summed E-state index contributed by atoms with van der Waals surface area (Å²) in [5.41, 5.74) is 1.20. The van der Waals surface area contributed by atoms with Crippen molar-refractivity contribution in [3.05, 3.63) is 43.5 Å². The van der Waals surface area contributed by atoms with Crippen LogP contribution in [-0.4, -0.2) is 24.8 Å². The highest BCUT2D eigenvalue weighted by atomic mass is 79.9. The molecule has 1 aliphatic heterocycles. The molecule has 0 saturated carbocycles. The number of hydrogen-bond acceptors (Lipinski definition) is 4. The second-order valence-electron chi connectivity index (χ2n) is 4.40. The van der Waals surface area contributed by atoms with Crippen LogP contribution >= 0.6 is 43.2 Å². The van der Waals surface area contributed by atoms with E-state index in [1.54, 1.807) is 18.2 Å². The molecule has 3 rings (SSSR count). The minimum Gasteiger partial charge on any atom is -0.482 e. The fourth-order valence-corrected chi connectivity index (χ4v) is 4.94. The first-order valence-electron chi connectivity index (χ1n) is 6.06. The number of benzene rings is 1. The van der Waals surface area contributed by atoms with Gasteiger partial charge in [-0.2, -0.15) is 0 Å². The van der Waals surface area contributed by atoms with E-state index < -0.39 is 0 Å². The summed E-state index contributed by atoms with van der Waals surface area (Å²) in [6.07, 6.45) is 0. The van der Waals surface area contributed by atoms with Gasteiger partial charge in [0, 0.05) is 5.56 Å². The summed E-state index contributed by atoms with van der Waals surface area (Å²) in [6, 6.07) is 8.97. The number of rotatable bonds is 3. The summed E-state index contributed by atoms with van der Waals surface area (Å²) in [6.45, 7) is -0.0419. The van der Waals surface area contributed by atoms with Crippen molar-refractivity contribution in [1.82, 2.24) is 0 Å². The highest BCUT2D eigenvalue weighted by Gasteiger charge is 2.28. The largest absolute Gasteiger partial charge is 0.482 e. The van der Waals surface area contributed by atoms with Crippen LogP contribution in [0.5, 0.6) is 5.75 Å². The van der Waals surface area contributed by atoms with Gasteiger partial charge in [0.2, 0.25) is 0 Å². The van der Waals surface area contributed by atoms with E-state index in [9.17, 15) is 9.59 Å². The first-order valence-corrected chi connectivity index (χ1v) is 8.47. The molecule has 0 bridgehead atoms. The van der Waals surface area contributed by atoms with E-state index in [4.69, 9.17) is 4.74 Å². The topological polar surface area (TPSA) is 46.6 Å². The maximum atomic E-state index is 12.4. The molecule has 0 atom stereocenters. The molecule has 0 unspecified atom stereocenters. The van der Waals surface area contributed by atoms with Crippen LogP contribution in [0, 0.1) is 0 Å². The number of ether oxygens (including phenoxy) is 1. The number of thiophene rings is 1. The number of para-hydroxylation sites is 2. The number of anilines is 1. The fraction of sp³-hybridized carbons (Fsp3) is 0.143. The molecule has 1 amide bonds. The van der Waals surface area contributed by atoms with Gasteiger partial charge in [-0.05, 0) is 50.1 Å². The molecule has 0 saturated heterocycles. The number of carbonyl (C=O) groups excluding carboxylic acids is 2. The van der Waals surface area contributed by atoms with Gasteiger partial charge in [0.05, 0.1) is 19.8 Å². The summed E-state index contributed by atoms with van der Waals surface area (Å²) in [7, 11) is 0. The van der Waals surface area contributed by atoms with E-state index in [-0.39, 0.29) is 24.8 Å². The van der Waals surface area contributed by atoms with E-state index in [1.807, 2.05) is 12.1 Å². The fourth-order valence-electron chi connectivity index (χ4n) is 2.09. The van der Waals surface area contributed by atoms with Crippen LogP contribution in [0.3, 0.4) is 0 Å². The maximum Gasteiger partial charge on any atom is 0.265 e. The monoisotopic (exact) mass is 429 g/mol. The van der Waals surface area contributed by atoms with Gasteiger partial charge in [0.1, 0.15) is 5.75 Å². The van der Waals surface area contributed by atoms with Gasteiger partial charge in [-0.1, -0.05) is 12.1 Å². The van der Waals surface area contributed by atoms with E-state index in [2.05, 4.69) is 31.9 Å². The van der Waals surface area contributed by atoms with Crippen LogP contribution in [0.1, 0.15) is 10.4 Å². The second-order valence-corrected chi connectivity index (χ2v) is 8.15. The lowest BCUT2D eigenvalue weighted by Crippen LogP contribution is -2.41. The Labute approximate surface area is 142 Å². The number of halogens is 2. The molecule has 0 spiro atoms. The summed E-state index contributed by atoms with van der Waals surface area (Å²) < 4.78 is 6.99. The Morgan fingerprint density at radius 3 is 2.81 bits per heavy atom. The van der Waals surface area contributed by atoms with Crippen molar-refractivity contribution in [3.63, 3.8) is 0 Å². The first-order chi connectivity index (χ1) is 10.1. The Hall–Kier alpha value is -1.18. The lowest BCUT2D eigenvalue weighted by Gasteiger charge is -2.28. The van der Waals surface area contributed by atoms with Gasteiger partial charge >= 0.3 is 0 Å². The molecule has 1 aromatic carbocycles. The van der Waals surface area contributed by atoms with Crippen LogP contribution in [0.4, 0.5) is 5.69 Å². The lowest BCUT2D eigenvalue weighted by atomic mass is 10.1. The number of ketones is 1. The third kappa shape index (κ3) is 2.90. The summed E-state index contributed by atoms with van der Waals surface area (Å²) in [4.78, 5) is 25.9. The molecule has 108 valence electrons. The zero-order valence-corrected chi connectivity index (χ0v) is 14.6. The molecule has 2 heterocycles. The van der Waals surface area contributed by atoms with Crippen LogP contribution in [0.15, 0.2) is 37.9 Å². The number of hydrogen-bond donors (Lipinski definition) is 0. The van der Waals surface area contributed by atoms with Crippen molar-refractivity contribution >= 4 is 60.6 Å². The molecule has 0 fully saturated rings. The van der Waals surface area contributed by atoms with Crippen molar-refractivity contribution in [3.8, 4) is 5.75 Å². The third-order valence-corrected chi connectivity index (χ3v) is 5.41. The summed E-state index contributed by atoms with van der Waals surface area (Å²) in [5.74, 6) is 0.289. The second kappa shape index (κ2) is 5.90. The molecule has 7 heteroatoms. The van der Waals surface area contributed by atoms with Gasteiger partial charge in [-0.15, -0.1) is 11.3 Å². The highest BCUT2D eigenvalue weighted by molar-refractivity contribution is 9.12. The number of Topliss-reactive ketones (excluding diaryl/α,β-unsaturated/α-hetero) is 1. The molecule has 0 radical (unpaired) electrons. The summed E-state index contributed by atoms with van der Waals surface area (Å²) in [5, 5.41) is 0. The zero-order valence-electron chi connectivity index (χ0n) is 10.6. The Morgan fingerprint density at radius 1 is 1.33 bits per heavy atom. The Morgan fingerprint density at radius 2 is 2.10 bits per heavy atom. The normalized spacial score (nSPS) is 13.8. The smallest absolute Gasteiger partial charge is 0.265 e. The van der Waals surface area contributed by atoms with Crippen molar-refractivity contribution < 1.29 is 14.3 Å². The van der Waals surface area contributed by atoms with Crippen molar-refractivity contribution in [2.24, 2.45) is 0 Å². The number of fused-ring (bicyclic) bond motifs is 1. The first kappa shape index (κ1) is 14.7. The van der Waals surface area contributed by atoms with Crippen molar-refractivity contribution in [2.75, 3.05) is 18.1 Å². The van der Waals surface area contributed by atoms with Crippen LogP contribution in [-0.2, 0) is 4.79 Å². The van der Waals surface area contributed by atoms with Crippen LogP contribution in [0.2, 0.25) is 0 Å². The molecule has 21 heavy (non-hydrogen) atoms. The molecule has 2 aromatic rings. The van der Waals surface area contributed by atoms with Gasteiger partial charge in [0.25, 0.3) is 5.91 Å². The van der Waals surface area contributed by atoms with Crippen molar-refractivity contribution in [1.29, 1.82) is 0 Å². The Kier molecular flexibility index (Phi) is 4.14. The quantitative estimate of drug-likeness (QED) is 0.694. The molecule has 0 N–H and O–H groups in total. The number of amides is 1. The van der Waals surface area contributed by atoms with Crippen LogP contribution in [0.25, 0.3) is 0 Å². The summed E-state index contributed by atoms with van der Waals surface area (Å²) >= 11 is 8.15. The standard InChI is InChI=1S/C14H9Br2NO3S/c15-12-5-8(14(16)21-12)10(18)6-17-9-3-1-2-4-11(9)20-7-13(17)19/h1-5H,6-7H2. The molecular formula is C14H9Br2NO3S. The average molecular weight is 431 g/mol. The van der Waals surface area contributed by atoms with Gasteiger partial charge in [0.15, 0.2) is 12.4 Å². The van der Waals surface area contributed by atoms with E-state index in [0.29, 0.717) is 17.0 Å². The molecule has 4 nitrogen and oxygen atoms in total. The molecule has 1 aliphatic rings. The Balaban J connectivity index is 1.89. The van der Waals surface area contributed by atoms with Gasteiger partial charge < -0.3 is 4.74 Å². The minimum absolute atomic E-state index is 0.000972. The molecular weight excluding hydrogens is 422 g/mol. The number of carbonyl (C=O) groups is 2. The van der Waals surface area contributed by atoms with Gasteiger partial charge in [-0.3, -0.25) is 14.5 Å². The van der Waals surface area contributed by atoms with E-state index in [1.165, 1.54) is 16.2 Å². The zero-order chi connectivity index (χ0) is 15.0. The Bertz CT molecular complexity index is 729. The highest BCUT2D eigenvalue weighted by Crippen LogP contribution is 2.34. The number of nitrogens with zero attached hydrogens (tertiary/aromatic N) is 1. The SMILES string of the molecule is O=C(CN1C(=O)COc2ccccc21)c1cc(Br)sc1Br. The van der Waals surface area contributed by atoms with E-state index >= 15 is 0 Å². The predicted octanol–water partition coefficient (Wildman–Crippen LogP) is 3.88. The molecule has 0 aliphatic carbocycles. The van der Waals surface area contributed by atoms with Crippen LogP contribution < -0.4 is 9.64 Å². The molecule has 1 aromatic heterocycles. The van der Waals surface area contributed by atoms with Gasteiger partial charge in [-0.25, -0.2) is 0 Å². The maximum absolute atomic E-state index is 12.4. The van der Waals surface area contributed by atoms with Crippen molar-refractivity contribution in [2.45, 2.75) is 0 Å². The predicted molar refractivity (Wildman–Crippen MR) is 88.3 cm³/mol. The minimum atomic E-state index is -0.215. The van der Waals surface area contributed by atoms with E-state index in [0.717, 1.165) is 7.57 Å².